The van der Waals surface area contributed by atoms with E-state index < -0.39 is 0 Å². The average molecular weight is 282 g/mol. The average Bonchev–Trinajstić information content (AvgIpc) is 2.91. The van der Waals surface area contributed by atoms with Crippen molar-refractivity contribution in [2.75, 3.05) is 0 Å². The van der Waals surface area contributed by atoms with Gasteiger partial charge in [0.05, 0.1) is 10.0 Å². The Balaban J connectivity index is 1.73. The molecule has 1 aliphatic rings. The van der Waals surface area contributed by atoms with Crippen molar-refractivity contribution in [3.05, 3.63) is 38.8 Å². The fourth-order valence-electron chi connectivity index (χ4n) is 2.54. The molecule has 0 radical (unpaired) electrons. The standard InChI is InChI=1S/C13H16ClN3S/c1-17-9(5-6-16-17)8-15-11-3-2-4-12-10(11)7-13(14)18-12/h5-7,11,15H,2-4,8H2,1H3. The number of fused-ring (bicyclic) bond motifs is 1. The Bertz CT molecular complexity index is 546. The largest absolute Gasteiger partial charge is 0.304 e. The lowest BCUT2D eigenvalue weighted by Gasteiger charge is -2.23. The van der Waals surface area contributed by atoms with Gasteiger partial charge in [-0.25, -0.2) is 0 Å². The molecular formula is C13H16ClN3S. The summed E-state index contributed by atoms with van der Waals surface area (Å²) >= 11 is 7.85. The monoisotopic (exact) mass is 281 g/mol. The highest BCUT2D eigenvalue weighted by Crippen LogP contribution is 2.37. The second-order valence-corrected chi connectivity index (χ2v) is 6.47. The minimum Gasteiger partial charge on any atom is -0.304 e. The number of hydrogen-bond acceptors (Lipinski definition) is 3. The number of aryl methyl sites for hydroxylation is 2. The Morgan fingerprint density at radius 3 is 3.28 bits per heavy atom. The zero-order valence-corrected chi connectivity index (χ0v) is 11.9. The Labute approximate surface area is 116 Å². The van der Waals surface area contributed by atoms with Gasteiger partial charge in [0.2, 0.25) is 0 Å². The van der Waals surface area contributed by atoms with E-state index >= 15 is 0 Å². The number of nitrogens with one attached hydrogen (secondary N) is 1. The van der Waals surface area contributed by atoms with Crippen LogP contribution in [0.5, 0.6) is 0 Å². The molecule has 3 rings (SSSR count). The minimum atomic E-state index is 0.437. The van der Waals surface area contributed by atoms with E-state index in [9.17, 15) is 0 Å². The zero-order chi connectivity index (χ0) is 12.5. The van der Waals surface area contributed by atoms with Gasteiger partial charge in [-0.2, -0.15) is 5.10 Å². The molecule has 96 valence electrons. The highest BCUT2D eigenvalue weighted by molar-refractivity contribution is 7.16. The van der Waals surface area contributed by atoms with Gasteiger partial charge in [0, 0.05) is 30.7 Å². The third kappa shape index (κ3) is 2.32. The van der Waals surface area contributed by atoms with Crippen LogP contribution in [0, 0.1) is 0 Å². The Kier molecular flexibility index (Phi) is 3.41. The van der Waals surface area contributed by atoms with Crippen LogP contribution in [0.3, 0.4) is 0 Å². The number of nitrogens with zero attached hydrogens (tertiary/aromatic N) is 2. The van der Waals surface area contributed by atoms with Crippen LogP contribution >= 0.6 is 22.9 Å². The van der Waals surface area contributed by atoms with Crippen molar-refractivity contribution in [2.45, 2.75) is 31.8 Å². The van der Waals surface area contributed by atoms with Crippen LogP contribution in [0.1, 0.15) is 35.0 Å². The lowest BCUT2D eigenvalue weighted by Crippen LogP contribution is -2.24. The third-order valence-electron chi connectivity index (χ3n) is 3.54. The van der Waals surface area contributed by atoms with Crippen LogP contribution in [0.15, 0.2) is 18.3 Å². The number of rotatable bonds is 3. The molecule has 1 N–H and O–H groups in total. The molecule has 0 aromatic carbocycles. The summed E-state index contributed by atoms with van der Waals surface area (Å²) in [5.41, 5.74) is 2.61. The number of aromatic nitrogens is 2. The van der Waals surface area contributed by atoms with E-state index in [2.05, 4.69) is 22.5 Å². The SMILES string of the molecule is Cn1nccc1CNC1CCCc2sc(Cl)cc21. The molecule has 0 fully saturated rings. The third-order valence-corrected chi connectivity index (χ3v) is 4.88. The molecule has 5 heteroatoms. The molecule has 0 spiro atoms. The van der Waals surface area contributed by atoms with Crippen molar-refractivity contribution >= 4 is 22.9 Å². The van der Waals surface area contributed by atoms with Crippen molar-refractivity contribution in [1.29, 1.82) is 0 Å². The van der Waals surface area contributed by atoms with Gasteiger partial charge in [-0.05, 0) is 37.0 Å². The zero-order valence-electron chi connectivity index (χ0n) is 10.3. The Morgan fingerprint density at radius 1 is 1.61 bits per heavy atom. The van der Waals surface area contributed by atoms with Gasteiger partial charge < -0.3 is 5.32 Å². The van der Waals surface area contributed by atoms with E-state index in [4.69, 9.17) is 11.6 Å². The van der Waals surface area contributed by atoms with Crippen molar-refractivity contribution < 1.29 is 0 Å². The van der Waals surface area contributed by atoms with Crippen LogP contribution in [0.2, 0.25) is 4.34 Å². The number of thiophene rings is 1. The molecule has 2 aromatic rings. The van der Waals surface area contributed by atoms with Gasteiger partial charge in [0.15, 0.2) is 0 Å². The summed E-state index contributed by atoms with van der Waals surface area (Å²) in [7, 11) is 1.98. The maximum Gasteiger partial charge on any atom is 0.0934 e. The van der Waals surface area contributed by atoms with Crippen molar-refractivity contribution in [1.82, 2.24) is 15.1 Å². The van der Waals surface area contributed by atoms with Gasteiger partial charge in [0.25, 0.3) is 0 Å². The first-order valence-corrected chi connectivity index (χ1v) is 7.42. The Hall–Kier alpha value is -0.840. The summed E-state index contributed by atoms with van der Waals surface area (Å²) in [6.45, 7) is 0.855. The van der Waals surface area contributed by atoms with Crippen LogP contribution in [0.25, 0.3) is 0 Å². The lowest BCUT2D eigenvalue weighted by molar-refractivity contribution is 0.454. The van der Waals surface area contributed by atoms with Crippen LogP contribution in [0.4, 0.5) is 0 Å². The smallest absolute Gasteiger partial charge is 0.0934 e. The summed E-state index contributed by atoms with van der Waals surface area (Å²) in [6, 6.07) is 4.62. The maximum atomic E-state index is 6.12. The lowest BCUT2D eigenvalue weighted by atomic mass is 9.94. The first-order chi connectivity index (χ1) is 8.74. The molecule has 3 nitrogen and oxygen atoms in total. The molecule has 1 aliphatic carbocycles. The summed E-state index contributed by atoms with van der Waals surface area (Å²) in [5, 5.41) is 7.81. The van der Waals surface area contributed by atoms with Gasteiger partial charge in [0.1, 0.15) is 0 Å². The number of hydrogen-bond donors (Lipinski definition) is 1. The van der Waals surface area contributed by atoms with E-state index in [0.717, 1.165) is 10.9 Å². The quantitative estimate of drug-likeness (QED) is 0.935. The van der Waals surface area contributed by atoms with Crippen LogP contribution < -0.4 is 5.32 Å². The van der Waals surface area contributed by atoms with E-state index in [-0.39, 0.29) is 0 Å². The fourth-order valence-corrected chi connectivity index (χ4v) is 3.92. The van der Waals surface area contributed by atoms with Crippen LogP contribution in [-0.4, -0.2) is 9.78 Å². The molecule has 0 saturated heterocycles. The maximum absolute atomic E-state index is 6.12. The molecule has 0 aliphatic heterocycles. The molecule has 18 heavy (non-hydrogen) atoms. The summed E-state index contributed by atoms with van der Waals surface area (Å²) < 4.78 is 2.83. The van der Waals surface area contributed by atoms with Crippen molar-refractivity contribution in [2.24, 2.45) is 7.05 Å². The predicted octanol–water partition coefficient (Wildman–Crippen LogP) is 3.30. The normalized spacial score (nSPS) is 18.9. The molecule has 0 amide bonds. The first-order valence-electron chi connectivity index (χ1n) is 6.22. The Morgan fingerprint density at radius 2 is 2.50 bits per heavy atom. The highest BCUT2D eigenvalue weighted by atomic mass is 35.5. The molecule has 2 heterocycles. The predicted molar refractivity (Wildman–Crippen MR) is 75.1 cm³/mol. The highest BCUT2D eigenvalue weighted by Gasteiger charge is 2.22. The van der Waals surface area contributed by atoms with Gasteiger partial charge >= 0.3 is 0 Å². The van der Waals surface area contributed by atoms with Gasteiger partial charge in [-0.3, -0.25) is 4.68 Å². The van der Waals surface area contributed by atoms with Crippen molar-refractivity contribution in [3.8, 4) is 0 Å². The second kappa shape index (κ2) is 5.03. The van der Waals surface area contributed by atoms with E-state index in [1.165, 1.54) is 35.4 Å². The van der Waals surface area contributed by atoms with Gasteiger partial charge in [-0.1, -0.05) is 11.6 Å². The molecular weight excluding hydrogens is 266 g/mol. The molecule has 2 aromatic heterocycles. The molecule has 1 atom stereocenters. The van der Waals surface area contributed by atoms with E-state index in [0.29, 0.717) is 6.04 Å². The topological polar surface area (TPSA) is 29.9 Å². The summed E-state index contributed by atoms with van der Waals surface area (Å²) in [4.78, 5) is 1.45. The second-order valence-electron chi connectivity index (χ2n) is 4.70. The first kappa shape index (κ1) is 12.2. The number of halogens is 1. The van der Waals surface area contributed by atoms with Gasteiger partial charge in [-0.15, -0.1) is 11.3 Å². The van der Waals surface area contributed by atoms with Crippen LogP contribution in [-0.2, 0) is 20.0 Å². The molecule has 0 saturated carbocycles. The van der Waals surface area contributed by atoms with E-state index in [1.807, 2.05) is 17.9 Å². The van der Waals surface area contributed by atoms with E-state index in [1.54, 1.807) is 11.3 Å². The molecule has 0 bridgehead atoms. The summed E-state index contributed by atoms with van der Waals surface area (Å²) in [5.74, 6) is 0. The summed E-state index contributed by atoms with van der Waals surface area (Å²) in [6.07, 6.45) is 5.45. The van der Waals surface area contributed by atoms with Crippen molar-refractivity contribution in [3.63, 3.8) is 0 Å². The fraction of sp³-hybridized carbons (Fsp3) is 0.462. The molecule has 1 unspecified atom stereocenters. The minimum absolute atomic E-state index is 0.437.